The summed E-state index contributed by atoms with van der Waals surface area (Å²) >= 11 is 0. The molecular weight excluding hydrogens is 520 g/mol. The summed E-state index contributed by atoms with van der Waals surface area (Å²) in [4.78, 5) is 35.1. The number of nitrogens with one attached hydrogen (secondary N) is 1. The largest absolute Gasteiger partial charge is 0.508 e. The fourth-order valence-corrected chi connectivity index (χ4v) is 5.28. The topological polar surface area (TPSA) is 115 Å². The van der Waals surface area contributed by atoms with Gasteiger partial charge in [-0.05, 0) is 65.4 Å². The summed E-state index contributed by atoms with van der Waals surface area (Å²) in [6, 6.07) is 18.0. The van der Waals surface area contributed by atoms with Crippen molar-refractivity contribution in [1.29, 1.82) is 0 Å². The van der Waals surface area contributed by atoms with Crippen LogP contribution in [0, 0.1) is 0 Å². The number of aromatic hydroxyl groups is 2. The SMILES string of the molecule is CCOc1ccc(C(C)(C)C)cc1C1=NC(c2ccc(O)cc2)C(c2ccc(O)cc2)N1C(=O)N1CCNC(=O)C1. The number of piperazine rings is 1. The number of benzene rings is 3. The number of rotatable bonds is 5. The number of phenols is 2. The molecule has 3 amide bonds. The van der Waals surface area contributed by atoms with Gasteiger partial charge in [-0.25, -0.2) is 4.79 Å². The Balaban J connectivity index is 1.74. The van der Waals surface area contributed by atoms with Crippen LogP contribution in [-0.4, -0.2) is 64.0 Å². The van der Waals surface area contributed by atoms with Gasteiger partial charge in [0.2, 0.25) is 5.91 Å². The number of aliphatic imine (C=N–C) groups is 1. The van der Waals surface area contributed by atoms with E-state index in [0.29, 0.717) is 36.8 Å². The predicted molar refractivity (Wildman–Crippen MR) is 156 cm³/mol. The molecule has 2 heterocycles. The highest BCUT2D eigenvalue weighted by atomic mass is 16.5. The fourth-order valence-electron chi connectivity index (χ4n) is 5.28. The number of phenolic OH excluding ortho intramolecular Hbond substituents is 2. The summed E-state index contributed by atoms with van der Waals surface area (Å²) < 4.78 is 6.06. The highest BCUT2D eigenvalue weighted by molar-refractivity contribution is 6.11. The van der Waals surface area contributed by atoms with Crippen molar-refractivity contribution in [1.82, 2.24) is 15.1 Å². The Morgan fingerprint density at radius 2 is 1.63 bits per heavy atom. The molecular formula is C32H36N4O5. The third-order valence-corrected chi connectivity index (χ3v) is 7.44. The zero-order chi connectivity index (χ0) is 29.3. The second-order valence-corrected chi connectivity index (χ2v) is 11.3. The van der Waals surface area contributed by atoms with Gasteiger partial charge in [0, 0.05) is 13.1 Å². The number of hydrogen-bond donors (Lipinski definition) is 3. The molecule has 3 N–H and O–H groups in total. The van der Waals surface area contributed by atoms with Crippen molar-refractivity contribution in [3.05, 3.63) is 89.0 Å². The predicted octanol–water partition coefficient (Wildman–Crippen LogP) is 4.89. The molecule has 2 aliphatic heterocycles. The van der Waals surface area contributed by atoms with Crippen LogP contribution in [0.15, 0.2) is 71.7 Å². The lowest BCUT2D eigenvalue weighted by molar-refractivity contribution is -0.123. The van der Waals surface area contributed by atoms with Gasteiger partial charge in [-0.2, -0.15) is 0 Å². The monoisotopic (exact) mass is 556 g/mol. The molecule has 2 unspecified atom stereocenters. The summed E-state index contributed by atoms with van der Waals surface area (Å²) in [6.45, 7) is 9.36. The Kier molecular flexibility index (Phi) is 7.62. The molecule has 1 fully saturated rings. The van der Waals surface area contributed by atoms with Gasteiger partial charge >= 0.3 is 6.03 Å². The van der Waals surface area contributed by atoms with E-state index in [0.717, 1.165) is 16.7 Å². The molecule has 9 heteroatoms. The average molecular weight is 557 g/mol. The fraction of sp³-hybridized carbons (Fsp3) is 0.344. The van der Waals surface area contributed by atoms with Gasteiger partial charge in [0.25, 0.3) is 0 Å². The lowest BCUT2D eigenvalue weighted by Crippen LogP contribution is -2.55. The van der Waals surface area contributed by atoms with Crippen LogP contribution in [-0.2, 0) is 10.2 Å². The van der Waals surface area contributed by atoms with Crippen LogP contribution in [0.4, 0.5) is 4.79 Å². The van der Waals surface area contributed by atoms with Crippen molar-refractivity contribution < 1.29 is 24.5 Å². The Labute approximate surface area is 240 Å². The first-order valence-electron chi connectivity index (χ1n) is 13.8. The van der Waals surface area contributed by atoms with Gasteiger partial charge in [-0.1, -0.05) is 51.1 Å². The maximum Gasteiger partial charge on any atom is 0.326 e. The smallest absolute Gasteiger partial charge is 0.326 e. The number of hydrogen-bond acceptors (Lipinski definition) is 6. The third kappa shape index (κ3) is 5.70. The van der Waals surface area contributed by atoms with Crippen molar-refractivity contribution in [3.63, 3.8) is 0 Å². The molecule has 41 heavy (non-hydrogen) atoms. The number of urea groups is 1. The van der Waals surface area contributed by atoms with Crippen molar-refractivity contribution in [3.8, 4) is 17.2 Å². The van der Waals surface area contributed by atoms with Crippen molar-refractivity contribution >= 4 is 17.8 Å². The number of carbonyl (C=O) groups excluding carboxylic acids is 2. The Bertz CT molecular complexity index is 1460. The van der Waals surface area contributed by atoms with E-state index in [1.165, 1.54) is 4.90 Å². The van der Waals surface area contributed by atoms with Crippen LogP contribution in [0.3, 0.4) is 0 Å². The van der Waals surface area contributed by atoms with Crippen LogP contribution in [0.5, 0.6) is 17.2 Å². The maximum atomic E-state index is 14.4. The standard InChI is InChI=1S/C32H36N4O5/c1-5-41-26-15-10-22(32(2,3)4)18-25(26)30-34-28(20-6-11-23(37)12-7-20)29(21-8-13-24(38)14-9-21)36(30)31(40)35-17-16-33-27(39)19-35/h6-15,18,28-29,37-38H,5,16-17,19H2,1-4H3,(H,33,39). The van der Waals surface area contributed by atoms with Gasteiger partial charge in [-0.15, -0.1) is 0 Å². The molecule has 0 spiro atoms. The average Bonchev–Trinajstić information content (AvgIpc) is 3.33. The highest BCUT2D eigenvalue weighted by Crippen LogP contribution is 2.46. The number of amidine groups is 1. The summed E-state index contributed by atoms with van der Waals surface area (Å²) in [6.07, 6.45) is 0. The van der Waals surface area contributed by atoms with E-state index in [-0.39, 0.29) is 35.4 Å². The highest BCUT2D eigenvalue weighted by Gasteiger charge is 2.45. The van der Waals surface area contributed by atoms with E-state index < -0.39 is 12.1 Å². The van der Waals surface area contributed by atoms with E-state index in [4.69, 9.17) is 9.73 Å². The molecule has 0 aliphatic carbocycles. The molecule has 0 bridgehead atoms. The number of carbonyl (C=O) groups is 2. The summed E-state index contributed by atoms with van der Waals surface area (Å²) in [7, 11) is 0. The molecule has 1 saturated heterocycles. The lowest BCUT2D eigenvalue weighted by atomic mass is 9.86. The van der Waals surface area contributed by atoms with E-state index in [1.54, 1.807) is 53.4 Å². The minimum atomic E-state index is -0.597. The van der Waals surface area contributed by atoms with Crippen LogP contribution in [0.2, 0.25) is 0 Å². The molecule has 0 saturated carbocycles. The van der Waals surface area contributed by atoms with Crippen LogP contribution < -0.4 is 10.1 Å². The molecule has 2 atom stereocenters. The van der Waals surface area contributed by atoms with Crippen molar-refractivity contribution in [2.75, 3.05) is 26.2 Å². The first kappa shape index (κ1) is 28.0. The summed E-state index contributed by atoms with van der Waals surface area (Å²) in [5.74, 6) is 1.05. The van der Waals surface area contributed by atoms with Crippen molar-refractivity contribution in [2.24, 2.45) is 4.99 Å². The van der Waals surface area contributed by atoms with Gasteiger partial charge in [0.15, 0.2) is 0 Å². The van der Waals surface area contributed by atoms with Crippen LogP contribution in [0.25, 0.3) is 0 Å². The Morgan fingerprint density at radius 3 is 2.22 bits per heavy atom. The normalized spacial score (nSPS) is 19.1. The first-order valence-corrected chi connectivity index (χ1v) is 13.8. The minimum Gasteiger partial charge on any atom is -0.508 e. The Hall–Kier alpha value is -4.53. The number of nitrogens with zero attached hydrogens (tertiary/aromatic N) is 3. The summed E-state index contributed by atoms with van der Waals surface area (Å²) in [5.41, 5.74) is 3.12. The van der Waals surface area contributed by atoms with E-state index >= 15 is 0 Å². The van der Waals surface area contributed by atoms with Crippen molar-refractivity contribution in [2.45, 2.75) is 45.2 Å². The molecule has 3 aromatic rings. The molecule has 0 aromatic heterocycles. The Morgan fingerprint density at radius 1 is 1.00 bits per heavy atom. The molecule has 0 radical (unpaired) electrons. The van der Waals surface area contributed by atoms with Gasteiger partial charge in [0.05, 0.1) is 18.2 Å². The van der Waals surface area contributed by atoms with E-state index in [2.05, 4.69) is 26.1 Å². The zero-order valence-electron chi connectivity index (χ0n) is 23.8. The second kappa shape index (κ2) is 11.2. The summed E-state index contributed by atoms with van der Waals surface area (Å²) in [5, 5.41) is 22.8. The lowest BCUT2D eigenvalue weighted by Gasteiger charge is -2.36. The van der Waals surface area contributed by atoms with Gasteiger partial charge < -0.3 is 25.2 Å². The van der Waals surface area contributed by atoms with Gasteiger partial charge in [0.1, 0.15) is 35.7 Å². The first-order chi connectivity index (χ1) is 19.6. The maximum absolute atomic E-state index is 14.4. The minimum absolute atomic E-state index is 0.0604. The molecule has 3 aromatic carbocycles. The molecule has 5 rings (SSSR count). The molecule has 2 aliphatic rings. The van der Waals surface area contributed by atoms with Crippen LogP contribution >= 0.6 is 0 Å². The van der Waals surface area contributed by atoms with Crippen LogP contribution in [0.1, 0.15) is 62.0 Å². The third-order valence-electron chi connectivity index (χ3n) is 7.44. The van der Waals surface area contributed by atoms with E-state index in [9.17, 15) is 19.8 Å². The second-order valence-electron chi connectivity index (χ2n) is 11.3. The van der Waals surface area contributed by atoms with E-state index in [1.807, 2.05) is 25.1 Å². The molecule has 9 nitrogen and oxygen atoms in total. The zero-order valence-corrected chi connectivity index (χ0v) is 23.8. The quantitative estimate of drug-likeness (QED) is 0.414. The number of amides is 3. The molecule has 214 valence electrons. The van der Waals surface area contributed by atoms with Gasteiger partial charge in [-0.3, -0.25) is 14.7 Å². The number of ether oxygens (including phenoxy) is 1.